The zero-order valence-electron chi connectivity index (χ0n) is 15.8. The number of aromatic nitrogens is 1. The minimum absolute atomic E-state index is 0.0784. The summed E-state index contributed by atoms with van der Waals surface area (Å²) in [5, 5.41) is 11.5. The maximum atomic E-state index is 13.0. The lowest BCUT2D eigenvalue weighted by Crippen LogP contribution is -2.06. The van der Waals surface area contributed by atoms with Crippen LogP contribution >= 0.6 is 0 Å². The highest BCUT2D eigenvalue weighted by molar-refractivity contribution is 6.16. The maximum absolute atomic E-state index is 13.0. The number of carbonyl (C=O) groups excluding carboxylic acids is 1. The van der Waals surface area contributed by atoms with Crippen LogP contribution in [0.25, 0.3) is 10.8 Å². The van der Waals surface area contributed by atoms with Crippen LogP contribution in [0.2, 0.25) is 0 Å². The third-order valence-electron chi connectivity index (χ3n) is 4.65. The van der Waals surface area contributed by atoms with E-state index in [2.05, 4.69) is 4.98 Å². The van der Waals surface area contributed by atoms with Crippen molar-refractivity contribution in [2.24, 2.45) is 0 Å². The van der Waals surface area contributed by atoms with E-state index in [1.807, 2.05) is 36.4 Å². The van der Waals surface area contributed by atoms with E-state index in [9.17, 15) is 9.90 Å². The van der Waals surface area contributed by atoms with Gasteiger partial charge in [-0.05, 0) is 41.3 Å². The van der Waals surface area contributed by atoms with Crippen molar-refractivity contribution >= 4 is 16.6 Å². The van der Waals surface area contributed by atoms with Gasteiger partial charge >= 0.3 is 0 Å². The molecule has 0 spiro atoms. The molecule has 1 aromatic heterocycles. The largest absolute Gasteiger partial charge is 0.507 e. The van der Waals surface area contributed by atoms with Gasteiger partial charge in [0, 0.05) is 11.6 Å². The smallest absolute Gasteiger partial charge is 0.215 e. The van der Waals surface area contributed by atoms with Gasteiger partial charge < -0.3 is 14.6 Å². The van der Waals surface area contributed by atoms with E-state index >= 15 is 0 Å². The van der Waals surface area contributed by atoms with Gasteiger partial charge in [0.25, 0.3) is 0 Å². The fraction of sp³-hybridized carbons (Fsp3) is 0.0833. The van der Waals surface area contributed by atoms with Crippen LogP contribution in [0.4, 0.5) is 0 Å². The van der Waals surface area contributed by atoms with Gasteiger partial charge in [-0.1, -0.05) is 42.5 Å². The molecule has 0 bridgehead atoms. The molecule has 0 unspecified atom stereocenters. The van der Waals surface area contributed by atoms with Crippen molar-refractivity contribution in [3.8, 4) is 17.2 Å². The molecule has 0 aliphatic heterocycles. The van der Waals surface area contributed by atoms with Gasteiger partial charge in [0.1, 0.15) is 18.1 Å². The number of ketones is 1. The minimum Gasteiger partial charge on any atom is -0.507 e. The summed E-state index contributed by atoms with van der Waals surface area (Å²) in [7, 11) is 1.58. The Balaban J connectivity index is 1.76. The van der Waals surface area contributed by atoms with Gasteiger partial charge in [0.15, 0.2) is 11.5 Å². The zero-order valence-corrected chi connectivity index (χ0v) is 15.8. The summed E-state index contributed by atoms with van der Waals surface area (Å²) in [6, 6.07) is 21.6. The fourth-order valence-corrected chi connectivity index (χ4v) is 3.16. The Bertz CT molecular complexity index is 1170. The van der Waals surface area contributed by atoms with Crippen LogP contribution in [0.15, 0.2) is 79.0 Å². The number of benzene rings is 3. The zero-order chi connectivity index (χ0) is 20.2. The second-order valence-corrected chi connectivity index (χ2v) is 6.50. The molecule has 4 rings (SSSR count). The number of para-hydroxylation sites is 1. The van der Waals surface area contributed by atoms with Crippen molar-refractivity contribution in [2.45, 2.75) is 6.61 Å². The second kappa shape index (κ2) is 8.02. The number of rotatable bonds is 6. The fourth-order valence-electron chi connectivity index (χ4n) is 3.16. The third kappa shape index (κ3) is 3.75. The van der Waals surface area contributed by atoms with Crippen molar-refractivity contribution in [3.63, 3.8) is 0 Å². The van der Waals surface area contributed by atoms with Crippen LogP contribution < -0.4 is 9.47 Å². The molecule has 4 aromatic rings. The summed E-state index contributed by atoms with van der Waals surface area (Å²) in [5.41, 5.74) is 1.47. The molecule has 0 atom stereocenters. The van der Waals surface area contributed by atoms with Crippen LogP contribution in [0.1, 0.15) is 21.6 Å². The predicted molar refractivity (Wildman–Crippen MR) is 111 cm³/mol. The second-order valence-electron chi connectivity index (χ2n) is 6.50. The first kappa shape index (κ1) is 18.5. The Morgan fingerprint density at radius 1 is 0.966 bits per heavy atom. The number of carbonyl (C=O) groups is 1. The number of pyridine rings is 1. The molecule has 29 heavy (non-hydrogen) atoms. The summed E-state index contributed by atoms with van der Waals surface area (Å²) in [4.78, 5) is 17.3. The van der Waals surface area contributed by atoms with Gasteiger partial charge in [-0.15, -0.1) is 0 Å². The molecule has 3 aromatic carbocycles. The molecule has 5 nitrogen and oxygen atoms in total. The molecule has 144 valence electrons. The number of hydrogen-bond donors (Lipinski definition) is 1. The van der Waals surface area contributed by atoms with Crippen LogP contribution in [0.5, 0.6) is 17.2 Å². The summed E-state index contributed by atoms with van der Waals surface area (Å²) >= 11 is 0. The molecule has 0 amide bonds. The van der Waals surface area contributed by atoms with Gasteiger partial charge in [-0.3, -0.25) is 9.78 Å². The number of nitrogens with zero attached hydrogens (tertiary/aromatic N) is 1. The highest BCUT2D eigenvalue weighted by Crippen LogP contribution is 2.35. The monoisotopic (exact) mass is 385 g/mol. The van der Waals surface area contributed by atoms with E-state index < -0.39 is 0 Å². The standard InChI is InChI=1S/C24H19NO4/c1-28-21-13-17-11-12-25-23(24(27)18-9-5-6-10-20(18)26)19(17)14-22(21)29-15-16-7-3-2-4-8-16/h2-14,26H,15H2,1H3. The minimum atomic E-state index is -0.354. The topological polar surface area (TPSA) is 68.7 Å². The molecular weight excluding hydrogens is 366 g/mol. The molecule has 1 N–H and O–H groups in total. The first-order valence-corrected chi connectivity index (χ1v) is 9.13. The van der Waals surface area contributed by atoms with Crippen molar-refractivity contribution < 1.29 is 19.4 Å². The van der Waals surface area contributed by atoms with E-state index in [0.29, 0.717) is 23.5 Å². The number of methoxy groups -OCH3 is 1. The highest BCUT2D eigenvalue weighted by atomic mass is 16.5. The van der Waals surface area contributed by atoms with Gasteiger partial charge in [0.2, 0.25) is 5.78 Å². The Kier molecular flexibility index (Phi) is 5.12. The number of phenolic OH excluding ortho intramolecular Hbond substituents is 1. The normalized spacial score (nSPS) is 10.7. The highest BCUT2D eigenvalue weighted by Gasteiger charge is 2.19. The Labute approximate surface area is 168 Å². The molecule has 0 fully saturated rings. The first-order chi connectivity index (χ1) is 14.2. The lowest BCUT2D eigenvalue weighted by Gasteiger charge is -2.13. The summed E-state index contributed by atoms with van der Waals surface area (Å²) in [6.07, 6.45) is 1.57. The number of phenols is 1. The van der Waals surface area contributed by atoms with Crippen LogP contribution in [0, 0.1) is 0 Å². The average molecular weight is 385 g/mol. The van der Waals surface area contributed by atoms with Gasteiger partial charge in [0.05, 0.1) is 12.7 Å². The molecule has 0 aliphatic rings. The van der Waals surface area contributed by atoms with E-state index in [4.69, 9.17) is 9.47 Å². The lowest BCUT2D eigenvalue weighted by atomic mass is 10.0. The van der Waals surface area contributed by atoms with Crippen molar-refractivity contribution in [2.75, 3.05) is 7.11 Å². The van der Waals surface area contributed by atoms with Crippen LogP contribution in [0.3, 0.4) is 0 Å². The third-order valence-corrected chi connectivity index (χ3v) is 4.65. The van der Waals surface area contributed by atoms with E-state index in [0.717, 1.165) is 10.9 Å². The van der Waals surface area contributed by atoms with Crippen LogP contribution in [-0.2, 0) is 6.61 Å². The van der Waals surface area contributed by atoms with Crippen molar-refractivity contribution in [3.05, 3.63) is 95.8 Å². The van der Waals surface area contributed by atoms with Crippen LogP contribution in [-0.4, -0.2) is 23.0 Å². The Hall–Kier alpha value is -3.86. The van der Waals surface area contributed by atoms with E-state index in [-0.39, 0.29) is 22.8 Å². The van der Waals surface area contributed by atoms with E-state index in [1.165, 1.54) is 6.07 Å². The quantitative estimate of drug-likeness (QED) is 0.485. The van der Waals surface area contributed by atoms with Gasteiger partial charge in [-0.2, -0.15) is 0 Å². The Morgan fingerprint density at radius 2 is 1.72 bits per heavy atom. The summed E-state index contributed by atoms with van der Waals surface area (Å²) in [6.45, 7) is 0.367. The first-order valence-electron chi connectivity index (χ1n) is 9.13. The number of fused-ring (bicyclic) bond motifs is 1. The van der Waals surface area contributed by atoms with E-state index in [1.54, 1.807) is 43.6 Å². The Morgan fingerprint density at radius 3 is 2.48 bits per heavy atom. The molecule has 1 heterocycles. The molecule has 0 aliphatic carbocycles. The molecule has 5 heteroatoms. The molecule has 0 radical (unpaired) electrons. The van der Waals surface area contributed by atoms with Gasteiger partial charge in [-0.25, -0.2) is 0 Å². The number of aromatic hydroxyl groups is 1. The number of hydrogen-bond acceptors (Lipinski definition) is 5. The lowest BCUT2D eigenvalue weighted by molar-refractivity contribution is 0.103. The summed E-state index contributed by atoms with van der Waals surface area (Å²) in [5.74, 6) is 0.655. The molecular formula is C24H19NO4. The summed E-state index contributed by atoms with van der Waals surface area (Å²) < 4.78 is 11.4. The van der Waals surface area contributed by atoms with Crippen molar-refractivity contribution in [1.29, 1.82) is 0 Å². The molecule has 0 saturated carbocycles. The molecule has 0 saturated heterocycles. The SMILES string of the molecule is COc1cc2ccnc(C(=O)c3ccccc3O)c2cc1OCc1ccccc1. The maximum Gasteiger partial charge on any atom is 0.215 e. The van der Waals surface area contributed by atoms with Crippen molar-refractivity contribution in [1.82, 2.24) is 4.98 Å². The number of ether oxygens (including phenoxy) is 2. The predicted octanol–water partition coefficient (Wildman–Crippen LogP) is 4.76. The average Bonchev–Trinajstić information content (AvgIpc) is 2.77.